The summed E-state index contributed by atoms with van der Waals surface area (Å²) >= 11 is 0. The molecular formula is C15H22N2O. The predicted molar refractivity (Wildman–Crippen MR) is 73.2 cm³/mol. The third-order valence-electron chi connectivity index (χ3n) is 3.46. The van der Waals surface area contributed by atoms with Gasteiger partial charge in [-0.3, -0.25) is 4.79 Å². The first-order chi connectivity index (χ1) is 8.66. The van der Waals surface area contributed by atoms with Gasteiger partial charge in [0.05, 0.1) is 0 Å². The van der Waals surface area contributed by atoms with E-state index in [0.29, 0.717) is 0 Å². The van der Waals surface area contributed by atoms with Crippen LogP contribution in [0.5, 0.6) is 0 Å². The minimum Gasteiger partial charge on any atom is -0.338 e. The highest BCUT2D eigenvalue weighted by atomic mass is 16.2. The second-order valence-electron chi connectivity index (χ2n) is 5.20. The van der Waals surface area contributed by atoms with Gasteiger partial charge < -0.3 is 10.2 Å². The fourth-order valence-corrected chi connectivity index (χ4v) is 2.29. The zero-order chi connectivity index (χ0) is 13.0. The summed E-state index contributed by atoms with van der Waals surface area (Å²) in [6, 6.07) is 8.44. The Morgan fingerprint density at radius 1 is 1.33 bits per heavy atom. The highest BCUT2D eigenvalue weighted by molar-refractivity contribution is 5.78. The lowest BCUT2D eigenvalue weighted by molar-refractivity contribution is -0.136. The van der Waals surface area contributed by atoms with E-state index in [1.807, 2.05) is 11.8 Å². The van der Waals surface area contributed by atoms with E-state index in [1.165, 1.54) is 11.1 Å². The zero-order valence-corrected chi connectivity index (χ0v) is 11.3. The quantitative estimate of drug-likeness (QED) is 0.865. The molecule has 0 aliphatic carbocycles. The average molecular weight is 246 g/mol. The van der Waals surface area contributed by atoms with Crippen LogP contribution in [0.25, 0.3) is 0 Å². The van der Waals surface area contributed by atoms with E-state index in [1.54, 1.807) is 0 Å². The van der Waals surface area contributed by atoms with Crippen molar-refractivity contribution in [2.24, 2.45) is 5.92 Å². The number of amides is 1. The Morgan fingerprint density at radius 3 is 2.78 bits per heavy atom. The second-order valence-corrected chi connectivity index (χ2v) is 5.20. The minimum atomic E-state index is 0.0794. The van der Waals surface area contributed by atoms with Crippen molar-refractivity contribution in [1.29, 1.82) is 0 Å². The molecule has 98 valence electrons. The molecule has 1 aliphatic rings. The van der Waals surface area contributed by atoms with Gasteiger partial charge in [-0.15, -0.1) is 0 Å². The van der Waals surface area contributed by atoms with E-state index >= 15 is 0 Å². The molecule has 1 heterocycles. The minimum absolute atomic E-state index is 0.0794. The van der Waals surface area contributed by atoms with Crippen LogP contribution in [0.4, 0.5) is 0 Å². The van der Waals surface area contributed by atoms with Crippen LogP contribution in [0.15, 0.2) is 24.3 Å². The van der Waals surface area contributed by atoms with Crippen LogP contribution in [0.2, 0.25) is 0 Å². The molecule has 1 aromatic carbocycles. The summed E-state index contributed by atoms with van der Waals surface area (Å²) in [5.74, 6) is 0.346. The second kappa shape index (κ2) is 6.01. The number of aryl methyl sites for hydroxylation is 1. The molecule has 1 fully saturated rings. The van der Waals surface area contributed by atoms with Gasteiger partial charge in [0, 0.05) is 25.6 Å². The highest BCUT2D eigenvalue weighted by Gasteiger charge is 2.21. The maximum absolute atomic E-state index is 12.3. The van der Waals surface area contributed by atoms with E-state index in [0.717, 1.165) is 32.6 Å². The third-order valence-corrected chi connectivity index (χ3v) is 3.46. The Labute approximate surface area is 109 Å². The lowest BCUT2D eigenvalue weighted by atomic mass is 10.1. The number of nitrogens with one attached hydrogen (secondary N) is 1. The molecule has 2 rings (SSSR count). The Bertz CT molecular complexity index is 399. The molecule has 1 aromatic rings. The Kier molecular flexibility index (Phi) is 4.37. The number of carbonyl (C=O) groups excluding carboxylic acids is 1. The number of hydrogen-bond acceptors (Lipinski definition) is 2. The molecule has 0 radical (unpaired) electrons. The number of carbonyl (C=O) groups is 1. The van der Waals surface area contributed by atoms with E-state index in [9.17, 15) is 4.79 Å². The van der Waals surface area contributed by atoms with Gasteiger partial charge in [-0.05, 0) is 25.5 Å². The summed E-state index contributed by atoms with van der Waals surface area (Å²) in [5.41, 5.74) is 2.48. The number of nitrogens with zero attached hydrogens (tertiary/aromatic N) is 1. The van der Waals surface area contributed by atoms with Crippen LogP contribution >= 0.6 is 0 Å². The fraction of sp³-hybridized carbons (Fsp3) is 0.533. The molecule has 1 aliphatic heterocycles. The molecule has 0 spiro atoms. The van der Waals surface area contributed by atoms with Crippen molar-refractivity contribution < 1.29 is 4.79 Å². The van der Waals surface area contributed by atoms with Gasteiger partial charge in [0.1, 0.15) is 0 Å². The van der Waals surface area contributed by atoms with Crippen LogP contribution in [0.1, 0.15) is 24.5 Å². The molecule has 3 heteroatoms. The van der Waals surface area contributed by atoms with Gasteiger partial charge >= 0.3 is 0 Å². The first kappa shape index (κ1) is 13.1. The van der Waals surface area contributed by atoms with Gasteiger partial charge in [0.25, 0.3) is 0 Å². The van der Waals surface area contributed by atoms with Crippen molar-refractivity contribution in [2.75, 3.05) is 19.6 Å². The zero-order valence-electron chi connectivity index (χ0n) is 11.3. The van der Waals surface area contributed by atoms with Crippen molar-refractivity contribution in [3.05, 3.63) is 35.4 Å². The summed E-state index contributed by atoms with van der Waals surface area (Å²) in [4.78, 5) is 14.3. The summed E-state index contributed by atoms with van der Waals surface area (Å²) in [7, 11) is 0. The van der Waals surface area contributed by atoms with Crippen molar-refractivity contribution >= 4 is 5.91 Å². The summed E-state index contributed by atoms with van der Waals surface area (Å²) in [5, 5.41) is 3.31. The van der Waals surface area contributed by atoms with Crippen molar-refractivity contribution in [2.45, 2.75) is 26.8 Å². The Balaban J connectivity index is 2.05. The predicted octanol–water partition coefficient (Wildman–Crippen LogP) is 1.95. The van der Waals surface area contributed by atoms with Crippen LogP contribution < -0.4 is 5.32 Å². The van der Waals surface area contributed by atoms with Gasteiger partial charge in [0.2, 0.25) is 5.91 Å². The molecule has 18 heavy (non-hydrogen) atoms. The lowest BCUT2D eigenvalue weighted by Gasteiger charge is -2.28. The van der Waals surface area contributed by atoms with Gasteiger partial charge in [-0.1, -0.05) is 36.8 Å². The van der Waals surface area contributed by atoms with E-state index in [4.69, 9.17) is 0 Å². The molecule has 3 nitrogen and oxygen atoms in total. The van der Waals surface area contributed by atoms with Crippen LogP contribution in [0, 0.1) is 12.8 Å². The third kappa shape index (κ3) is 3.33. The number of benzene rings is 1. The van der Waals surface area contributed by atoms with Crippen LogP contribution in [0.3, 0.4) is 0 Å². The van der Waals surface area contributed by atoms with Crippen LogP contribution in [-0.4, -0.2) is 30.4 Å². The summed E-state index contributed by atoms with van der Waals surface area (Å²) in [6.07, 6.45) is 1.03. The largest absolute Gasteiger partial charge is 0.338 e. The Hall–Kier alpha value is -1.35. The fourth-order valence-electron chi connectivity index (χ4n) is 2.29. The molecule has 1 atom stereocenters. The molecule has 0 aromatic heterocycles. The topological polar surface area (TPSA) is 32.3 Å². The highest BCUT2D eigenvalue weighted by Crippen LogP contribution is 2.12. The monoisotopic (exact) mass is 246 g/mol. The summed E-state index contributed by atoms with van der Waals surface area (Å²) < 4.78 is 0. The molecule has 1 unspecified atom stereocenters. The lowest BCUT2D eigenvalue weighted by Crippen LogP contribution is -2.42. The maximum atomic E-state index is 12.3. The SMILES string of the molecule is Cc1ccc(CN2CCCNCC(C)C2=O)cc1. The van der Waals surface area contributed by atoms with Crippen LogP contribution in [-0.2, 0) is 11.3 Å². The smallest absolute Gasteiger partial charge is 0.226 e. The number of rotatable bonds is 2. The van der Waals surface area contributed by atoms with Gasteiger partial charge in [-0.2, -0.15) is 0 Å². The molecule has 1 amide bonds. The van der Waals surface area contributed by atoms with Crippen molar-refractivity contribution in [3.63, 3.8) is 0 Å². The van der Waals surface area contributed by atoms with E-state index in [-0.39, 0.29) is 11.8 Å². The first-order valence-electron chi connectivity index (χ1n) is 6.72. The summed E-state index contributed by atoms with van der Waals surface area (Å²) in [6.45, 7) is 7.47. The first-order valence-corrected chi connectivity index (χ1v) is 6.72. The standard InChI is InChI=1S/C15H22N2O/c1-12-4-6-14(7-5-12)11-17-9-3-8-16-10-13(2)15(17)18/h4-7,13,16H,3,8-11H2,1-2H3. The van der Waals surface area contributed by atoms with Crippen molar-refractivity contribution in [3.8, 4) is 0 Å². The van der Waals surface area contributed by atoms with Gasteiger partial charge in [-0.25, -0.2) is 0 Å². The molecule has 0 bridgehead atoms. The van der Waals surface area contributed by atoms with Gasteiger partial charge in [0.15, 0.2) is 0 Å². The normalized spacial score (nSPS) is 21.6. The molecule has 1 saturated heterocycles. The average Bonchev–Trinajstić information content (AvgIpc) is 2.37. The molecular weight excluding hydrogens is 224 g/mol. The Morgan fingerprint density at radius 2 is 2.06 bits per heavy atom. The van der Waals surface area contributed by atoms with E-state index < -0.39 is 0 Å². The van der Waals surface area contributed by atoms with Crippen molar-refractivity contribution in [1.82, 2.24) is 10.2 Å². The maximum Gasteiger partial charge on any atom is 0.226 e. The van der Waals surface area contributed by atoms with E-state index in [2.05, 4.69) is 36.5 Å². The molecule has 1 N–H and O–H groups in total. The number of hydrogen-bond donors (Lipinski definition) is 1. The molecule has 0 saturated carbocycles.